The molecule has 2 N–H and O–H groups in total. The third-order valence-electron chi connectivity index (χ3n) is 2.26. The predicted molar refractivity (Wildman–Crippen MR) is 60.7 cm³/mol. The number of aromatic nitrogens is 1. The normalized spacial score (nSPS) is 13.1. The maximum Gasteiger partial charge on any atom is 0.231 e. The Morgan fingerprint density at radius 2 is 2.13 bits per heavy atom. The number of benzene rings is 1. The summed E-state index contributed by atoms with van der Waals surface area (Å²) in [5.74, 6) is 0. The molecule has 0 saturated carbocycles. The number of fused-ring (bicyclic) bond motifs is 1. The van der Waals surface area contributed by atoms with Gasteiger partial charge in [-0.2, -0.15) is 0 Å². The molecular weight excluding hydrogens is 212 g/mol. The van der Waals surface area contributed by atoms with Crippen molar-refractivity contribution >= 4 is 22.2 Å². The zero-order chi connectivity index (χ0) is 10.7. The van der Waals surface area contributed by atoms with Gasteiger partial charge in [0.15, 0.2) is 0 Å². The molecule has 0 radical (unpaired) electrons. The van der Waals surface area contributed by atoms with Crippen molar-refractivity contribution in [3.05, 3.63) is 36.5 Å². The molecule has 0 fully saturated rings. The van der Waals surface area contributed by atoms with E-state index in [2.05, 4.69) is 9.29 Å². The third-order valence-corrected chi connectivity index (χ3v) is 2.71. The molecule has 4 nitrogen and oxygen atoms in total. The van der Waals surface area contributed by atoms with Gasteiger partial charge in [0.1, 0.15) is 0 Å². The number of hydrogen-bond acceptors (Lipinski definition) is 1. The highest BCUT2D eigenvalue weighted by atomic mass is 32.2. The molecule has 0 amide bonds. The first kappa shape index (κ1) is 10.4. The second-order valence-corrected chi connectivity index (χ2v) is 4.00. The van der Waals surface area contributed by atoms with E-state index in [1.807, 2.05) is 36.5 Å². The fourth-order valence-corrected chi connectivity index (χ4v) is 1.85. The van der Waals surface area contributed by atoms with Crippen molar-refractivity contribution in [3.63, 3.8) is 0 Å². The lowest BCUT2D eigenvalue weighted by Crippen LogP contribution is -2.21. The van der Waals surface area contributed by atoms with Crippen LogP contribution in [0.25, 0.3) is 10.9 Å². The number of nitrogens with zero attached hydrogens (tertiary/aromatic N) is 1. The van der Waals surface area contributed by atoms with Crippen LogP contribution < -0.4 is 4.72 Å². The van der Waals surface area contributed by atoms with Crippen molar-refractivity contribution < 1.29 is 8.76 Å². The highest BCUT2D eigenvalue weighted by Gasteiger charge is 1.99. The lowest BCUT2D eigenvalue weighted by Gasteiger charge is -2.04. The summed E-state index contributed by atoms with van der Waals surface area (Å²) in [6, 6.07) is 10.1. The summed E-state index contributed by atoms with van der Waals surface area (Å²) in [4.78, 5) is 0. The molecule has 1 aromatic carbocycles. The number of hydrogen-bond donors (Lipinski definition) is 2. The quantitative estimate of drug-likeness (QED) is 0.771. The second-order valence-electron chi connectivity index (χ2n) is 3.21. The minimum atomic E-state index is -1.92. The van der Waals surface area contributed by atoms with Gasteiger partial charge in [-0.3, -0.25) is 4.55 Å². The Labute approximate surface area is 90.3 Å². The minimum absolute atomic E-state index is 0.474. The van der Waals surface area contributed by atoms with Crippen LogP contribution in [0.4, 0.5) is 0 Å². The Morgan fingerprint density at radius 1 is 1.33 bits per heavy atom. The van der Waals surface area contributed by atoms with Gasteiger partial charge in [-0.1, -0.05) is 18.2 Å². The van der Waals surface area contributed by atoms with Crippen LogP contribution in [0.5, 0.6) is 0 Å². The Bertz CT molecular complexity index is 481. The average Bonchev–Trinajstić information content (AvgIpc) is 2.62. The molecule has 2 rings (SSSR count). The van der Waals surface area contributed by atoms with Crippen molar-refractivity contribution in [1.29, 1.82) is 0 Å². The Morgan fingerprint density at radius 3 is 2.93 bits per heavy atom. The van der Waals surface area contributed by atoms with Crippen molar-refractivity contribution in [1.82, 2.24) is 9.29 Å². The summed E-state index contributed by atoms with van der Waals surface area (Å²) in [7, 11) is 0. The van der Waals surface area contributed by atoms with E-state index in [0.717, 1.165) is 5.52 Å². The smallest absolute Gasteiger partial charge is 0.231 e. The molecule has 0 aliphatic carbocycles. The molecule has 0 aliphatic rings. The standard InChI is InChI=1S/C10H12N2O2S/c13-15(14)11-6-8-12-7-5-9-3-1-2-4-10(9)12/h1-5,7,11H,6,8H2,(H,13,14). The number of rotatable bonds is 4. The van der Waals surface area contributed by atoms with Crippen LogP contribution in [0.2, 0.25) is 0 Å². The molecule has 0 bridgehead atoms. The Hall–Kier alpha value is -1.17. The second kappa shape index (κ2) is 4.57. The van der Waals surface area contributed by atoms with Gasteiger partial charge >= 0.3 is 0 Å². The van der Waals surface area contributed by atoms with Gasteiger partial charge in [-0.25, -0.2) is 8.93 Å². The summed E-state index contributed by atoms with van der Waals surface area (Å²) in [6.07, 6.45) is 1.98. The Balaban J connectivity index is 2.11. The molecule has 5 heteroatoms. The van der Waals surface area contributed by atoms with Crippen molar-refractivity contribution in [2.75, 3.05) is 6.54 Å². The van der Waals surface area contributed by atoms with Crippen molar-refractivity contribution in [3.8, 4) is 0 Å². The maximum atomic E-state index is 10.4. The summed E-state index contributed by atoms with van der Waals surface area (Å²) >= 11 is -1.92. The largest absolute Gasteiger partial charge is 0.346 e. The van der Waals surface area contributed by atoms with Gasteiger partial charge in [0.2, 0.25) is 11.3 Å². The molecule has 2 aromatic rings. The summed E-state index contributed by atoms with van der Waals surface area (Å²) in [5, 5.41) is 1.18. The highest BCUT2D eigenvalue weighted by molar-refractivity contribution is 7.77. The first-order valence-electron chi connectivity index (χ1n) is 4.65. The molecule has 1 heterocycles. The first-order chi connectivity index (χ1) is 7.27. The highest BCUT2D eigenvalue weighted by Crippen LogP contribution is 2.14. The Kier molecular flexibility index (Phi) is 3.15. The van der Waals surface area contributed by atoms with E-state index in [4.69, 9.17) is 4.55 Å². The molecular formula is C10H12N2O2S. The topological polar surface area (TPSA) is 54.3 Å². The molecule has 0 aliphatic heterocycles. The molecule has 1 aromatic heterocycles. The first-order valence-corrected chi connectivity index (χ1v) is 5.76. The van der Waals surface area contributed by atoms with Gasteiger partial charge in [0.05, 0.1) is 0 Å². The zero-order valence-electron chi connectivity index (χ0n) is 8.09. The van der Waals surface area contributed by atoms with Gasteiger partial charge in [-0.05, 0) is 17.5 Å². The van der Waals surface area contributed by atoms with Crippen LogP contribution in [0.1, 0.15) is 0 Å². The molecule has 1 unspecified atom stereocenters. The van der Waals surface area contributed by atoms with Crippen LogP contribution in [0, 0.1) is 0 Å². The average molecular weight is 224 g/mol. The number of para-hydroxylation sites is 1. The lowest BCUT2D eigenvalue weighted by atomic mass is 10.2. The van der Waals surface area contributed by atoms with E-state index in [-0.39, 0.29) is 0 Å². The molecule has 15 heavy (non-hydrogen) atoms. The maximum absolute atomic E-state index is 10.4. The van der Waals surface area contributed by atoms with Gasteiger partial charge < -0.3 is 4.57 Å². The summed E-state index contributed by atoms with van der Waals surface area (Å²) < 4.78 is 23.4. The van der Waals surface area contributed by atoms with E-state index in [1.54, 1.807) is 0 Å². The molecule has 0 spiro atoms. The fraction of sp³-hybridized carbons (Fsp3) is 0.200. The van der Waals surface area contributed by atoms with Crippen LogP contribution in [0.15, 0.2) is 36.5 Å². The van der Waals surface area contributed by atoms with Crippen molar-refractivity contribution in [2.24, 2.45) is 0 Å². The lowest BCUT2D eigenvalue weighted by molar-refractivity contribution is 0.543. The van der Waals surface area contributed by atoms with Gasteiger partial charge in [-0.15, -0.1) is 0 Å². The molecule has 80 valence electrons. The number of nitrogens with one attached hydrogen (secondary N) is 1. The van der Waals surface area contributed by atoms with E-state index < -0.39 is 11.3 Å². The monoisotopic (exact) mass is 224 g/mol. The third kappa shape index (κ3) is 2.44. The van der Waals surface area contributed by atoms with E-state index in [0.29, 0.717) is 13.1 Å². The van der Waals surface area contributed by atoms with E-state index in [9.17, 15) is 4.21 Å². The predicted octanol–water partition coefficient (Wildman–Crippen LogP) is 1.37. The zero-order valence-corrected chi connectivity index (χ0v) is 8.91. The molecule has 0 saturated heterocycles. The van der Waals surface area contributed by atoms with Gasteiger partial charge in [0, 0.05) is 24.8 Å². The summed E-state index contributed by atoms with van der Waals surface area (Å²) in [5.41, 5.74) is 1.14. The van der Waals surface area contributed by atoms with Crippen LogP contribution in [0.3, 0.4) is 0 Å². The SMILES string of the molecule is O=S(O)NCCn1ccc2ccccc21. The fourth-order valence-electron chi connectivity index (χ4n) is 1.59. The minimum Gasteiger partial charge on any atom is -0.346 e. The van der Waals surface area contributed by atoms with Gasteiger partial charge in [0.25, 0.3) is 0 Å². The van der Waals surface area contributed by atoms with Crippen LogP contribution in [-0.2, 0) is 17.8 Å². The summed E-state index contributed by atoms with van der Waals surface area (Å²) in [6.45, 7) is 1.15. The molecule has 1 atom stereocenters. The van der Waals surface area contributed by atoms with Crippen LogP contribution >= 0.6 is 0 Å². The van der Waals surface area contributed by atoms with Crippen molar-refractivity contribution in [2.45, 2.75) is 6.54 Å². The van der Waals surface area contributed by atoms with E-state index >= 15 is 0 Å². The van der Waals surface area contributed by atoms with Crippen LogP contribution in [-0.4, -0.2) is 19.9 Å². The van der Waals surface area contributed by atoms with E-state index in [1.165, 1.54) is 5.39 Å².